The smallest absolute Gasteiger partial charge is 0.294 e. The standard InChI is InChI=1S/C24H26ClN7O2/c25-22-21(16-3-1-4-17(27)11-16)32(24(34)23(31-22)30-19-5-2-6-19)13-20(33)28-12-15-7-9-18(10-8-15)29-14-26/h1,3-4,7-11,14,19H,2,5-6,12-13,27H2,(H2,26,29)(H,28,33)(H,30,31). The Kier molecular flexibility index (Phi) is 7.12. The number of anilines is 2. The minimum atomic E-state index is -0.409. The van der Waals surface area contributed by atoms with Crippen molar-refractivity contribution in [3.05, 3.63) is 69.6 Å². The molecule has 176 valence electrons. The van der Waals surface area contributed by atoms with E-state index in [-0.39, 0.29) is 29.5 Å². The van der Waals surface area contributed by atoms with Gasteiger partial charge in [0.25, 0.3) is 5.56 Å². The number of carbonyl (C=O) groups excluding carboxylic acids is 1. The molecule has 1 saturated carbocycles. The highest BCUT2D eigenvalue weighted by Gasteiger charge is 2.23. The maximum Gasteiger partial charge on any atom is 0.294 e. The summed E-state index contributed by atoms with van der Waals surface area (Å²) in [5.41, 5.74) is 13.9. The zero-order chi connectivity index (χ0) is 24.1. The molecule has 4 rings (SSSR count). The zero-order valence-electron chi connectivity index (χ0n) is 18.5. The Balaban J connectivity index is 1.60. The molecule has 0 atom stereocenters. The third-order valence-electron chi connectivity index (χ3n) is 5.68. The van der Waals surface area contributed by atoms with E-state index in [0.29, 0.717) is 29.2 Å². The Labute approximate surface area is 201 Å². The first-order valence-electron chi connectivity index (χ1n) is 11.0. The molecule has 0 radical (unpaired) electrons. The Morgan fingerprint density at radius 1 is 1.24 bits per heavy atom. The topological polar surface area (TPSA) is 140 Å². The van der Waals surface area contributed by atoms with E-state index in [9.17, 15) is 9.59 Å². The van der Waals surface area contributed by atoms with E-state index in [1.54, 1.807) is 36.4 Å². The molecule has 6 N–H and O–H groups in total. The first-order valence-corrected chi connectivity index (χ1v) is 11.3. The van der Waals surface area contributed by atoms with Gasteiger partial charge in [0.15, 0.2) is 11.0 Å². The second kappa shape index (κ2) is 10.4. The summed E-state index contributed by atoms with van der Waals surface area (Å²) in [6.45, 7) is 0.0694. The van der Waals surface area contributed by atoms with E-state index in [1.165, 1.54) is 10.9 Å². The normalized spacial score (nSPS) is 13.6. The van der Waals surface area contributed by atoms with Crippen LogP contribution >= 0.6 is 11.6 Å². The van der Waals surface area contributed by atoms with Crippen molar-refractivity contribution >= 4 is 41.0 Å². The average molecular weight is 480 g/mol. The molecule has 1 aromatic heterocycles. The molecule has 0 spiro atoms. The van der Waals surface area contributed by atoms with Crippen LogP contribution in [0.5, 0.6) is 0 Å². The average Bonchev–Trinajstić information content (AvgIpc) is 2.79. The Bertz CT molecular complexity index is 1270. The summed E-state index contributed by atoms with van der Waals surface area (Å²) in [6, 6.07) is 14.4. The van der Waals surface area contributed by atoms with Gasteiger partial charge in [-0.3, -0.25) is 14.2 Å². The van der Waals surface area contributed by atoms with E-state index in [4.69, 9.17) is 23.1 Å². The number of halogens is 1. The van der Waals surface area contributed by atoms with Crippen LogP contribution in [0.25, 0.3) is 11.3 Å². The fourth-order valence-corrected chi connectivity index (χ4v) is 3.97. The van der Waals surface area contributed by atoms with Crippen LogP contribution in [-0.2, 0) is 17.9 Å². The van der Waals surface area contributed by atoms with Gasteiger partial charge in [0.2, 0.25) is 5.91 Å². The maximum atomic E-state index is 13.3. The van der Waals surface area contributed by atoms with Gasteiger partial charge in [0.05, 0.1) is 17.7 Å². The van der Waals surface area contributed by atoms with Crippen molar-refractivity contribution in [2.45, 2.75) is 38.4 Å². The first-order chi connectivity index (χ1) is 16.4. The van der Waals surface area contributed by atoms with Crippen LogP contribution in [0, 0.1) is 0 Å². The number of rotatable bonds is 8. The maximum absolute atomic E-state index is 13.3. The number of aliphatic imine (C=N–C) groups is 1. The summed E-state index contributed by atoms with van der Waals surface area (Å²) >= 11 is 6.53. The lowest BCUT2D eigenvalue weighted by molar-refractivity contribution is -0.121. The lowest BCUT2D eigenvalue weighted by atomic mass is 9.93. The number of nitrogens with one attached hydrogen (secondary N) is 2. The quantitative estimate of drug-likeness (QED) is 0.222. The van der Waals surface area contributed by atoms with Gasteiger partial charge >= 0.3 is 0 Å². The third-order valence-corrected chi connectivity index (χ3v) is 5.94. The number of benzene rings is 2. The van der Waals surface area contributed by atoms with Crippen molar-refractivity contribution in [1.29, 1.82) is 0 Å². The van der Waals surface area contributed by atoms with Gasteiger partial charge in [0.1, 0.15) is 6.54 Å². The summed E-state index contributed by atoms with van der Waals surface area (Å²) in [5.74, 6) is -0.195. The van der Waals surface area contributed by atoms with Gasteiger partial charge in [-0.05, 0) is 49.1 Å². The Morgan fingerprint density at radius 2 is 2.00 bits per heavy atom. The minimum absolute atomic E-state index is 0.121. The van der Waals surface area contributed by atoms with Crippen molar-refractivity contribution in [2.24, 2.45) is 10.7 Å². The lowest BCUT2D eigenvalue weighted by Gasteiger charge is -2.27. The molecule has 1 aliphatic carbocycles. The number of nitrogen functional groups attached to an aromatic ring is 1. The lowest BCUT2D eigenvalue weighted by Crippen LogP contribution is -2.37. The summed E-state index contributed by atoms with van der Waals surface area (Å²) in [5, 5.41) is 6.13. The van der Waals surface area contributed by atoms with E-state index < -0.39 is 5.56 Å². The predicted molar refractivity (Wildman–Crippen MR) is 135 cm³/mol. The molecule has 0 bridgehead atoms. The summed E-state index contributed by atoms with van der Waals surface area (Å²) < 4.78 is 1.35. The molecule has 0 aliphatic heterocycles. The Morgan fingerprint density at radius 3 is 2.65 bits per heavy atom. The molecule has 1 heterocycles. The molecule has 0 unspecified atom stereocenters. The number of nitrogens with zero attached hydrogens (tertiary/aromatic N) is 3. The molecule has 10 heteroatoms. The molecule has 1 aliphatic rings. The Hall–Kier alpha value is -3.85. The minimum Gasteiger partial charge on any atom is -0.399 e. The molecule has 9 nitrogen and oxygen atoms in total. The summed E-state index contributed by atoms with van der Waals surface area (Å²) in [6.07, 6.45) is 4.25. The van der Waals surface area contributed by atoms with Crippen molar-refractivity contribution in [3.8, 4) is 11.3 Å². The van der Waals surface area contributed by atoms with Crippen LogP contribution in [0.15, 0.2) is 58.3 Å². The highest BCUT2D eigenvalue weighted by atomic mass is 35.5. The van der Waals surface area contributed by atoms with Crippen molar-refractivity contribution in [1.82, 2.24) is 14.9 Å². The third kappa shape index (κ3) is 5.37. The highest BCUT2D eigenvalue weighted by molar-refractivity contribution is 6.32. The van der Waals surface area contributed by atoms with Gasteiger partial charge in [-0.1, -0.05) is 35.9 Å². The number of hydrogen-bond acceptors (Lipinski definition) is 6. The van der Waals surface area contributed by atoms with Gasteiger partial charge in [-0.25, -0.2) is 9.98 Å². The van der Waals surface area contributed by atoms with Crippen molar-refractivity contribution in [3.63, 3.8) is 0 Å². The zero-order valence-corrected chi connectivity index (χ0v) is 19.3. The monoisotopic (exact) mass is 479 g/mol. The van der Waals surface area contributed by atoms with Gasteiger partial charge < -0.3 is 22.1 Å². The largest absolute Gasteiger partial charge is 0.399 e. The SMILES string of the molecule is NC=Nc1ccc(CNC(=O)Cn2c(-c3cccc(N)c3)c(Cl)nc(NC3CCC3)c2=O)cc1. The predicted octanol–water partition coefficient (Wildman–Crippen LogP) is 3.05. The van der Waals surface area contributed by atoms with Crippen LogP contribution in [0.2, 0.25) is 5.15 Å². The molecular formula is C24H26ClN7O2. The van der Waals surface area contributed by atoms with Crippen LogP contribution in [-0.4, -0.2) is 27.8 Å². The molecule has 0 saturated heterocycles. The second-order valence-corrected chi connectivity index (χ2v) is 8.47. The number of hydrogen-bond donors (Lipinski definition) is 4. The molecule has 3 aromatic rings. The van der Waals surface area contributed by atoms with Crippen LogP contribution in [0.1, 0.15) is 24.8 Å². The molecule has 2 aromatic carbocycles. The van der Waals surface area contributed by atoms with Gasteiger partial charge in [-0.15, -0.1) is 0 Å². The van der Waals surface area contributed by atoms with Crippen LogP contribution in [0.3, 0.4) is 0 Å². The van der Waals surface area contributed by atoms with Gasteiger partial charge in [0, 0.05) is 23.8 Å². The second-order valence-electron chi connectivity index (χ2n) is 8.11. The number of amides is 1. The molecule has 1 amide bonds. The highest BCUT2D eigenvalue weighted by Crippen LogP contribution is 2.29. The van der Waals surface area contributed by atoms with Gasteiger partial charge in [-0.2, -0.15) is 0 Å². The number of aromatic nitrogens is 2. The fourth-order valence-electron chi connectivity index (χ4n) is 3.68. The van der Waals surface area contributed by atoms with E-state index >= 15 is 0 Å². The van der Waals surface area contributed by atoms with E-state index in [1.807, 2.05) is 12.1 Å². The van der Waals surface area contributed by atoms with Crippen LogP contribution < -0.4 is 27.7 Å². The van der Waals surface area contributed by atoms with E-state index in [0.717, 1.165) is 24.8 Å². The van der Waals surface area contributed by atoms with Crippen LogP contribution in [0.4, 0.5) is 17.2 Å². The van der Waals surface area contributed by atoms with Crippen molar-refractivity contribution < 1.29 is 4.79 Å². The van der Waals surface area contributed by atoms with E-state index in [2.05, 4.69) is 20.6 Å². The molecule has 1 fully saturated rings. The molecule has 34 heavy (non-hydrogen) atoms. The molecular weight excluding hydrogens is 454 g/mol. The summed E-state index contributed by atoms with van der Waals surface area (Å²) in [7, 11) is 0. The first kappa shape index (κ1) is 23.3. The number of nitrogens with two attached hydrogens (primary N) is 2. The fraction of sp³-hybridized carbons (Fsp3) is 0.250. The van der Waals surface area contributed by atoms with Crippen molar-refractivity contribution in [2.75, 3.05) is 11.1 Å². The number of carbonyl (C=O) groups is 1. The summed E-state index contributed by atoms with van der Waals surface area (Å²) in [4.78, 5) is 34.5.